The first-order chi connectivity index (χ1) is 7.33. The summed E-state index contributed by atoms with van der Waals surface area (Å²) >= 11 is 0. The molecule has 0 saturated carbocycles. The maximum Gasteiger partial charge on any atom is 0.0971 e. The predicted molar refractivity (Wildman–Crippen MR) is 59.5 cm³/mol. The SMILES string of the molecule is C[C@@H]1CN(Cc2ccccc2)C[C@@H]2O[C@@H]12. The number of nitrogens with zero attached hydrogens (tertiary/aromatic N) is 1. The fraction of sp³-hybridized carbons (Fsp3) is 0.538. The van der Waals surface area contributed by atoms with Crippen LogP contribution in [0.15, 0.2) is 30.3 Å². The molecule has 2 saturated heterocycles. The maximum absolute atomic E-state index is 5.62. The van der Waals surface area contributed by atoms with Gasteiger partial charge in [0.15, 0.2) is 0 Å². The summed E-state index contributed by atoms with van der Waals surface area (Å²) in [4.78, 5) is 2.51. The molecule has 0 radical (unpaired) electrons. The summed E-state index contributed by atoms with van der Waals surface area (Å²) in [5.41, 5.74) is 1.41. The average Bonchev–Trinajstić information content (AvgIpc) is 2.99. The number of hydrogen-bond donors (Lipinski definition) is 0. The van der Waals surface area contributed by atoms with E-state index in [-0.39, 0.29) is 0 Å². The third-order valence-corrected chi connectivity index (χ3v) is 3.42. The van der Waals surface area contributed by atoms with Gasteiger partial charge >= 0.3 is 0 Å². The zero-order chi connectivity index (χ0) is 10.3. The van der Waals surface area contributed by atoms with Gasteiger partial charge in [-0.1, -0.05) is 37.3 Å². The van der Waals surface area contributed by atoms with E-state index in [9.17, 15) is 0 Å². The first kappa shape index (κ1) is 9.37. The second kappa shape index (κ2) is 3.62. The molecule has 0 amide bonds. The predicted octanol–water partition coefficient (Wildman–Crippen LogP) is 1.91. The minimum Gasteiger partial charge on any atom is -0.368 e. The Hall–Kier alpha value is -0.860. The summed E-state index contributed by atoms with van der Waals surface area (Å²) in [6.45, 7) is 5.65. The highest BCUT2D eigenvalue weighted by atomic mass is 16.6. The third-order valence-electron chi connectivity index (χ3n) is 3.42. The van der Waals surface area contributed by atoms with E-state index in [4.69, 9.17) is 4.74 Å². The molecule has 1 aromatic carbocycles. The van der Waals surface area contributed by atoms with Crippen molar-refractivity contribution in [2.45, 2.75) is 25.7 Å². The number of epoxide rings is 1. The van der Waals surface area contributed by atoms with Crippen molar-refractivity contribution in [1.82, 2.24) is 4.90 Å². The fourth-order valence-electron chi connectivity index (χ4n) is 2.61. The Morgan fingerprint density at radius 2 is 2.07 bits per heavy atom. The van der Waals surface area contributed by atoms with Crippen LogP contribution in [0, 0.1) is 5.92 Å². The Morgan fingerprint density at radius 3 is 2.80 bits per heavy atom. The molecule has 15 heavy (non-hydrogen) atoms. The van der Waals surface area contributed by atoms with Crippen molar-refractivity contribution in [1.29, 1.82) is 0 Å². The Morgan fingerprint density at radius 1 is 1.27 bits per heavy atom. The number of likely N-dealkylation sites (tertiary alicyclic amines) is 1. The summed E-state index contributed by atoms with van der Waals surface area (Å²) in [6.07, 6.45) is 1.09. The van der Waals surface area contributed by atoms with Gasteiger partial charge in [0.05, 0.1) is 12.2 Å². The molecular formula is C13H17NO. The van der Waals surface area contributed by atoms with E-state index >= 15 is 0 Å². The van der Waals surface area contributed by atoms with Gasteiger partial charge in [0.2, 0.25) is 0 Å². The molecule has 2 heteroatoms. The first-order valence-electron chi connectivity index (χ1n) is 5.74. The molecule has 0 N–H and O–H groups in total. The highest BCUT2D eigenvalue weighted by Crippen LogP contribution is 2.35. The highest BCUT2D eigenvalue weighted by molar-refractivity contribution is 5.15. The molecule has 0 aliphatic carbocycles. The van der Waals surface area contributed by atoms with Crippen LogP contribution in [-0.4, -0.2) is 30.2 Å². The van der Waals surface area contributed by atoms with E-state index < -0.39 is 0 Å². The van der Waals surface area contributed by atoms with Crippen molar-refractivity contribution in [2.24, 2.45) is 5.92 Å². The molecule has 3 atom stereocenters. The standard InChI is InChI=1S/C13H17NO/c1-10-7-14(9-12-13(10)15-12)8-11-5-3-2-4-6-11/h2-6,10,12-13H,7-9H2,1H3/t10-,12+,13+/m1/s1. The van der Waals surface area contributed by atoms with Crippen LogP contribution in [0.25, 0.3) is 0 Å². The summed E-state index contributed by atoms with van der Waals surface area (Å²) < 4.78 is 5.62. The van der Waals surface area contributed by atoms with Crippen LogP contribution in [0.1, 0.15) is 12.5 Å². The number of hydrogen-bond acceptors (Lipinski definition) is 2. The van der Waals surface area contributed by atoms with Crippen molar-refractivity contribution >= 4 is 0 Å². The minimum absolute atomic E-state index is 0.525. The number of benzene rings is 1. The molecule has 0 bridgehead atoms. The lowest BCUT2D eigenvalue weighted by molar-refractivity contribution is 0.202. The Labute approximate surface area is 90.8 Å². The van der Waals surface area contributed by atoms with Gasteiger partial charge in [-0.3, -0.25) is 4.90 Å². The van der Waals surface area contributed by atoms with Crippen LogP contribution in [0.4, 0.5) is 0 Å². The number of ether oxygens (including phenoxy) is 1. The summed E-state index contributed by atoms with van der Waals surface area (Å²) in [6, 6.07) is 10.7. The van der Waals surface area contributed by atoms with Crippen LogP contribution in [0.2, 0.25) is 0 Å². The zero-order valence-corrected chi connectivity index (χ0v) is 9.10. The lowest BCUT2D eigenvalue weighted by Gasteiger charge is -2.27. The highest BCUT2D eigenvalue weighted by Gasteiger charge is 2.47. The maximum atomic E-state index is 5.62. The van der Waals surface area contributed by atoms with Gasteiger partial charge in [-0.05, 0) is 11.5 Å². The van der Waals surface area contributed by atoms with Crippen molar-refractivity contribution in [3.63, 3.8) is 0 Å². The zero-order valence-electron chi connectivity index (χ0n) is 9.10. The molecule has 80 valence electrons. The van der Waals surface area contributed by atoms with E-state index in [2.05, 4.69) is 42.2 Å². The molecule has 0 spiro atoms. The van der Waals surface area contributed by atoms with Crippen LogP contribution in [-0.2, 0) is 11.3 Å². The van der Waals surface area contributed by atoms with Crippen LogP contribution in [0.5, 0.6) is 0 Å². The second-order valence-corrected chi connectivity index (χ2v) is 4.80. The molecule has 2 heterocycles. The Bertz CT molecular complexity index is 338. The molecule has 2 aliphatic heterocycles. The average molecular weight is 203 g/mol. The fourth-order valence-corrected chi connectivity index (χ4v) is 2.61. The molecule has 0 aromatic heterocycles. The second-order valence-electron chi connectivity index (χ2n) is 4.80. The lowest BCUT2D eigenvalue weighted by atomic mass is 10.00. The van der Waals surface area contributed by atoms with Crippen molar-refractivity contribution in [3.05, 3.63) is 35.9 Å². The molecular weight excluding hydrogens is 186 g/mol. The molecule has 3 rings (SSSR count). The van der Waals surface area contributed by atoms with Gasteiger partial charge in [0.1, 0.15) is 0 Å². The van der Waals surface area contributed by atoms with E-state index in [1.54, 1.807) is 0 Å². The van der Waals surface area contributed by atoms with Crippen LogP contribution in [0.3, 0.4) is 0 Å². The van der Waals surface area contributed by atoms with Gasteiger partial charge < -0.3 is 4.74 Å². The number of fused-ring (bicyclic) bond motifs is 1. The third kappa shape index (κ3) is 1.92. The molecule has 2 nitrogen and oxygen atoms in total. The van der Waals surface area contributed by atoms with Gasteiger partial charge in [-0.15, -0.1) is 0 Å². The Balaban J connectivity index is 1.64. The van der Waals surface area contributed by atoms with Gasteiger partial charge in [0, 0.05) is 19.6 Å². The summed E-state index contributed by atoms with van der Waals surface area (Å²) in [7, 11) is 0. The topological polar surface area (TPSA) is 15.8 Å². The Kier molecular flexibility index (Phi) is 2.26. The van der Waals surface area contributed by atoms with Gasteiger partial charge in [-0.25, -0.2) is 0 Å². The first-order valence-corrected chi connectivity index (χ1v) is 5.74. The molecule has 1 aromatic rings. The number of rotatable bonds is 2. The summed E-state index contributed by atoms with van der Waals surface area (Å²) in [5, 5.41) is 0. The van der Waals surface area contributed by atoms with Crippen molar-refractivity contribution < 1.29 is 4.74 Å². The monoisotopic (exact) mass is 203 g/mol. The lowest BCUT2D eigenvalue weighted by Crippen LogP contribution is -2.38. The van der Waals surface area contributed by atoms with Gasteiger partial charge in [0.25, 0.3) is 0 Å². The van der Waals surface area contributed by atoms with E-state index in [1.807, 2.05) is 0 Å². The smallest absolute Gasteiger partial charge is 0.0971 e. The quantitative estimate of drug-likeness (QED) is 0.682. The van der Waals surface area contributed by atoms with Crippen molar-refractivity contribution in [2.75, 3.05) is 13.1 Å². The van der Waals surface area contributed by atoms with Crippen molar-refractivity contribution in [3.8, 4) is 0 Å². The van der Waals surface area contributed by atoms with Crippen LogP contribution >= 0.6 is 0 Å². The normalized spacial score (nSPS) is 34.9. The summed E-state index contributed by atoms with van der Waals surface area (Å²) in [5.74, 6) is 0.701. The van der Waals surface area contributed by atoms with E-state index in [0.717, 1.165) is 13.1 Å². The van der Waals surface area contributed by atoms with Crippen LogP contribution < -0.4 is 0 Å². The minimum atomic E-state index is 0.525. The molecule has 2 fully saturated rings. The van der Waals surface area contributed by atoms with E-state index in [0.29, 0.717) is 18.1 Å². The largest absolute Gasteiger partial charge is 0.368 e. The molecule has 2 aliphatic rings. The number of piperidine rings is 1. The van der Waals surface area contributed by atoms with Gasteiger partial charge in [-0.2, -0.15) is 0 Å². The van der Waals surface area contributed by atoms with E-state index in [1.165, 1.54) is 12.1 Å². The molecule has 0 unspecified atom stereocenters.